The van der Waals surface area contributed by atoms with Crippen LogP contribution in [0.3, 0.4) is 0 Å². The van der Waals surface area contributed by atoms with Crippen LogP contribution in [-0.2, 0) is 4.79 Å². The van der Waals surface area contributed by atoms with E-state index in [1.54, 1.807) is 0 Å². The van der Waals surface area contributed by atoms with E-state index in [0.717, 1.165) is 12.1 Å². The van der Waals surface area contributed by atoms with Gasteiger partial charge in [0.25, 0.3) is 0 Å². The summed E-state index contributed by atoms with van der Waals surface area (Å²) in [5.74, 6) is 0.368. The van der Waals surface area contributed by atoms with Crippen LogP contribution in [0.2, 0.25) is 0 Å². The van der Waals surface area contributed by atoms with Gasteiger partial charge < -0.3 is 5.32 Å². The summed E-state index contributed by atoms with van der Waals surface area (Å²) in [5, 5.41) is 2.96. The first kappa shape index (κ1) is 8.65. The summed E-state index contributed by atoms with van der Waals surface area (Å²) in [5.41, 5.74) is 2.21. The fourth-order valence-corrected chi connectivity index (χ4v) is 2.28. The Bertz CT molecular complexity index is 429. The zero-order valence-electron chi connectivity index (χ0n) is 8.31. The van der Waals surface area contributed by atoms with Crippen molar-refractivity contribution < 1.29 is 4.79 Å². The van der Waals surface area contributed by atoms with Crippen LogP contribution in [-0.4, -0.2) is 18.2 Å². The molecule has 0 aromatic carbocycles. The molecule has 2 heterocycles. The van der Waals surface area contributed by atoms with Gasteiger partial charge in [0.1, 0.15) is 0 Å². The Morgan fingerprint density at radius 1 is 1.40 bits per heavy atom. The summed E-state index contributed by atoms with van der Waals surface area (Å²) in [6.45, 7) is 0. The second-order valence-electron chi connectivity index (χ2n) is 4.04. The van der Waals surface area contributed by atoms with Crippen LogP contribution >= 0.6 is 0 Å². The second-order valence-corrected chi connectivity index (χ2v) is 4.04. The lowest BCUT2D eigenvalue weighted by Crippen LogP contribution is -2.39. The van der Waals surface area contributed by atoms with E-state index in [1.165, 1.54) is 5.57 Å². The average Bonchev–Trinajstić information content (AvgIpc) is 2.29. The number of nitrogens with zero attached hydrogens (tertiary/aromatic N) is 1. The molecule has 0 saturated carbocycles. The van der Waals surface area contributed by atoms with Crippen LogP contribution in [0.15, 0.2) is 40.6 Å². The Kier molecular flexibility index (Phi) is 1.84. The molecule has 3 heteroatoms. The van der Waals surface area contributed by atoms with Gasteiger partial charge in [0.15, 0.2) is 0 Å². The van der Waals surface area contributed by atoms with Gasteiger partial charge in [-0.2, -0.15) is 0 Å². The summed E-state index contributed by atoms with van der Waals surface area (Å²) < 4.78 is 0. The van der Waals surface area contributed by atoms with Crippen molar-refractivity contribution >= 4 is 12.1 Å². The SMILES string of the molecule is O=C1CCC2N=CC3C=CC=CC3=C2N1. The van der Waals surface area contributed by atoms with E-state index < -0.39 is 0 Å². The zero-order chi connectivity index (χ0) is 10.3. The number of amides is 1. The molecule has 2 unspecified atom stereocenters. The highest BCUT2D eigenvalue weighted by Gasteiger charge is 2.29. The molecule has 0 aromatic rings. The lowest BCUT2D eigenvalue weighted by Gasteiger charge is -2.31. The Morgan fingerprint density at radius 2 is 2.33 bits per heavy atom. The Morgan fingerprint density at radius 3 is 3.27 bits per heavy atom. The van der Waals surface area contributed by atoms with Gasteiger partial charge in [0.2, 0.25) is 5.91 Å². The standard InChI is InChI=1S/C12H12N2O/c15-11-6-5-10-12(14-11)9-4-2-1-3-8(9)7-13-10/h1-4,7-8,10H,5-6H2,(H,14,15). The van der Waals surface area contributed by atoms with Gasteiger partial charge in [-0.1, -0.05) is 24.3 Å². The Hall–Kier alpha value is -1.64. The van der Waals surface area contributed by atoms with Crippen LogP contribution in [0.5, 0.6) is 0 Å². The molecule has 1 saturated heterocycles. The smallest absolute Gasteiger partial charge is 0.224 e. The summed E-state index contributed by atoms with van der Waals surface area (Å²) in [6.07, 6.45) is 11.6. The van der Waals surface area contributed by atoms with E-state index in [9.17, 15) is 4.79 Å². The maximum absolute atomic E-state index is 11.4. The predicted octanol–water partition coefficient (Wildman–Crippen LogP) is 1.35. The molecule has 1 fully saturated rings. The fraction of sp³-hybridized carbons (Fsp3) is 0.333. The van der Waals surface area contributed by atoms with E-state index in [2.05, 4.69) is 22.5 Å². The van der Waals surface area contributed by atoms with Gasteiger partial charge in [-0.25, -0.2) is 0 Å². The van der Waals surface area contributed by atoms with E-state index >= 15 is 0 Å². The van der Waals surface area contributed by atoms with E-state index in [4.69, 9.17) is 0 Å². The maximum atomic E-state index is 11.4. The van der Waals surface area contributed by atoms with Crippen molar-refractivity contribution in [2.75, 3.05) is 0 Å². The average molecular weight is 200 g/mol. The topological polar surface area (TPSA) is 41.5 Å². The lowest BCUT2D eigenvalue weighted by atomic mass is 9.86. The highest BCUT2D eigenvalue weighted by molar-refractivity contribution is 5.82. The van der Waals surface area contributed by atoms with E-state index in [1.807, 2.05) is 18.4 Å². The maximum Gasteiger partial charge on any atom is 0.224 e. The van der Waals surface area contributed by atoms with Crippen molar-refractivity contribution in [3.63, 3.8) is 0 Å². The zero-order valence-corrected chi connectivity index (χ0v) is 8.31. The van der Waals surface area contributed by atoms with Crippen molar-refractivity contribution in [1.82, 2.24) is 5.32 Å². The minimum atomic E-state index is 0.118. The molecule has 0 aromatic heterocycles. The number of rotatable bonds is 0. The normalized spacial score (nSPS) is 32.4. The van der Waals surface area contributed by atoms with Gasteiger partial charge in [-0.3, -0.25) is 9.79 Å². The van der Waals surface area contributed by atoms with E-state index in [0.29, 0.717) is 6.42 Å². The lowest BCUT2D eigenvalue weighted by molar-refractivity contribution is -0.121. The predicted molar refractivity (Wildman–Crippen MR) is 58.5 cm³/mol. The van der Waals surface area contributed by atoms with Gasteiger partial charge in [0.05, 0.1) is 6.04 Å². The monoisotopic (exact) mass is 200 g/mol. The second kappa shape index (κ2) is 3.19. The molecule has 3 rings (SSSR count). The number of aliphatic imine (C=N–C) groups is 1. The van der Waals surface area contributed by atoms with Crippen molar-refractivity contribution in [3.8, 4) is 0 Å². The molecule has 2 atom stereocenters. The molecule has 15 heavy (non-hydrogen) atoms. The van der Waals surface area contributed by atoms with Crippen LogP contribution in [0.4, 0.5) is 0 Å². The molecule has 1 amide bonds. The highest BCUT2D eigenvalue weighted by Crippen LogP contribution is 2.30. The number of dihydropyridines is 1. The van der Waals surface area contributed by atoms with Crippen molar-refractivity contribution in [3.05, 3.63) is 35.6 Å². The molecule has 3 aliphatic rings. The molecular weight excluding hydrogens is 188 g/mol. The summed E-state index contributed by atoms with van der Waals surface area (Å²) in [7, 11) is 0. The van der Waals surface area contributed by atoms with Gasteiger partial charge in [-0.15, -0.1) is 0 Å². The Labute approximate surface area is 88.3 Å². The van der Waals surface area contributed by atoms with Crippen LogP contribution < -0.4 is 5.32 Å². The van der Waals surface area contributed by atoms with Crippen LogP contribution in [0.25, 0.3) is 0 Å². The quantitative estimate of drug-likeness (QED) is 0.630. The number of fused-ring (bicyclic) bond motifs is 2. The molecule has 3 nitrogen and oxygen atoms in total. The third-order valence-corrected chi connectivity index (χ3v) is 3.05. The van der Waals surface area contributed by atoms with Gasteiger partial charge in [0, 0.05) is 24.3 Å². The van der Waals surface area contributed by atoms with Crippen molar-refractivity contribution in [2.24, 2.45) is 10.9 Å². The minimum Gasteiger partial charge on any atom is -0.327 e. The molecule has 0 radical (unpaired) electrons. The first-order valence-corrected chi connectivity index (χ1v) is 5.27. The molecule has 0 spiro atoms. The fourth-order valence-electron chi connectivity index (χ4n) is 2.28. The summed E-state index contributed by atoms with van der Waals surface area (Å²) >= 11 is 0. The minimum absolute atomic E-state index is 0.118. The number of hydrogen-bond acceptors (Lipinski definition) is 2. The molecule has 1 N–H and O–H groups in total. The number of carbonyl (C=O) groups is 1. The molecule has 76 valence electrons. The number of piperidine rings is 1. The van der Waals surface area contributed by atoms with Gasteiger partial charge >= 0.3 is 0 Å². The molecular formula is C12H12N2O. The third-order valence-electron chi connectivity index (χ3n) is 3.05. The number of hydrogen-bond donors (Lipinski definition) is 1. The van der Waals surface area contributed by atoms with E-state index in [-0.39, 0.29) is 17.9 Å². The largest absolute Gasteiger partial charge is 0.327 e. The summed E-state index contributed by atoms with van der Waals surface area (Å²) in [6, 6.07) is 0.171. The number of allylic oxidation sites excluding steroid dienone is 5. The molecule has 2 aliphatic heterocycles. The number of nitrogens with one attached hydrogen (secondary N) is 1. The number of carbonyl (C=O) groups excluding carboxylic acids is 1. The van der Waals surface area contributed by atoms with Crippen molar-refractivity contribution in [1.29, 1.82) is 0 Å². The van der Waals surface area contributed by atoms with Crippen molar-refractivity contribution in [2.45, 2.75) is 18.9 Å². The molecule has 0 bridgehead atoms. The first-order chi connectivity index (χ1) is 7.34. The molecule has 1 aliphatic carbocycles. The van der Waals surface area contributed by atoms with Gasteiger partial charge in [-0.05, 0) is 12.0 Å². The van der Waals surface area contributed by atoms with Crippen LogP contribution in [0.1, 0.15) is 12.8 Å². The van der Waals surface area contributed by atoms with Crippen LogP contribution in [0, 0.1) is 5.92 Å². The third kappa shape index (κ3) is 1.35. The Balaban J connectivity index is 2.04. The first-order valence-electron chi connectivity index (χ1n) is 5.27. The highest BCUT2D eigenvalue weighted by atomic mass is 16.1. The summed E-state index contributed by atoms with van der Waals surface area (Å²) in [4.78, 5) is 15.8.